The maximum absolute atomic E-state index is 12.1. The van der Waals surface area contributed by atoms with Crippen LogP contribution >= 0.6 is 11.3 Å². The third-order valence-electron chi connectivity index (χ3n) is 3.49. The summed E-state index contributed by atoms with van der Waals surface area (Å²) in [6.07, 6.45) is -0.331. The van der Waals surface area contributed by atoms with E-state index in [2.05, 4.69) is 5.32 Å². The first kappa shape index (κ1) is 20.8. The van der Waals surface area contributed by atoms with Crippen molar-refractivity contribution in [3.8, 4) is 0 Å². The topological polar surface area (TPSA) is 107 Å². The van der Waals surface area contributed by atoms with Crippen molar-refractivity contribution < 1.29 is 27.5 Å². The molecule has 1 amide bonds. The Balaban J connectivity index is 1.80. The van der Waals surface area contributed by atoms with Gasteiger partial charge in [-0.15, -0.1) is 11.3 Å². The number of ketones is 1. The molecule has 1 aromatic carbocycles. The Labute approximate surface area is 161 Å². The number of nitrogens with one attached hydrogen (secondary N) is 1. The van der Waals surface area contributed by atoms with Gasteiger partial charge in [-0.05, 0) is 24.3 Å². The predicted octanol–water partition coefficient (Wildman–Crippen LogP) is 1.97. The second-order valence-corrected chi connectivity index (χ2v) is 8.92. The number of carbonyl (C=O) groups is 3. The van der Waals surface area contributed by atoms with Gasteiger partial charge < -0.3 is 10.1 Å². The summed E-state index contributed by atoms with van der Waals surface area (Å²) in [4.78, 5) is 36.0. The second kappa shape index (κ2) is 9.43. The second-order valence-electron chi connectivity index (χ2n) is 5.64. The van der Waals surface area contributed by atoms with Crippen LogP contribution in [-0.2, 0) is 30.7 Å². The molecule has 0 spiro atoms. The van der Waals surface area contributed by atoms with Crippen molar-refractivity contribution >= 4 is 38.8 Å². The van der Waals surface area contributed by atoms with Crippen molar-refractivity contribution in [3.63, 3.8) is 0 Å². The molecule has 0 aliphatic carbocycles. The molecule has 0 unspecified atom stereocenters. The zero-order valence-electron chi connectivity index (χ0n) is 14.6. The summed E-state index contributed by atoms with van der Waals surface area (Å²) in [5.74, 6) is -1.69. The maximum atomic E-state index is 12.1. The molecule has 0 saturated carbocycles. The van der Waals surface area contributed by atoms with E-state index in [0.717, 1.165) is 4.88 Å². The lowest BCUT2D eigenvalue weighted by Crippen LogP contribution is -2.18. The number of ether oxygens (including phenoxy) is 1. The lowest BCUT2D eigenvalue weighted by atomic mass is 10.3. The fourth-order valence-corrected chi connectivity index (χ4v) is 4.20. The van der Waals surface area contributed by atoms with Gasteiger partial charge in [0, 0.05) is 11.8 Å². The Bertz CT molecular complexity index is 918. The number of thiophene rings is 1. The normalized spacial score (nSPS) is 11.0. The zero-order chi connectivity index (χ0) is 19.9. The molecule has 1 heterocycles. The van der Waals surface area contributed by atoms with Crippen LogP contribution in [0.5, 0.6) is 0 Å². The van der Waals surface area contributed by atoms with E-state index >= 15 is 0 Å². The first-order valence-corrected chi connectivity index (χ1v) is 10.5. The fourth-order valence-electron chi connectivity index (χ4n) is 2.09. The van der Waals surface area contributed by atoms with Gasteiger partial charge in [-0.25, -0.2) is 8.42 Å². The summed E-state index contributed by atoms with van der Waals surface area (Å²) < 4.78 is 29.1. The van der Waals surface area contributed by atoms with E-state index in [1.165, 1.54) is 30.4 Å². The predicted molar refractivity (Wildman–Crippen MR) is 100 cm³/mol. The number of amides is 1. The molecule has 0 bridgehead atoms. The van der Waals surface area contributed by atoms with E-state index in [-0.39, 0.29) is 28.8 Å². The first-order chi connectivity index (χ1) is 12.8. The lowest BCUT2D eigenvalue weighted by Gasteiger charge is -2.05. The van der Waals surface area contributed by atoms with E-state index in [9.17, 15) is 22.8 Å². The monoisotopic (exact) mass is 409 g/mol. The number of Topliss-reactive ketones (excluding diaryl/α,β-unsaturated/α-hetero) is 1. The molecule has 0 aliphatic heterocycles. The van der Waals surface area contributed by atoms with Gasteiger partial charge in [-0.3, -0.25) is 14.4 Å². The molecule has 0 fully saturated rings. The van der Waals surface area contributed by atoms with Crippen LogP contribution in [0.2, 0.25) is 0 Å². The standard InChI is InChI=1S/C18H19NO6S2/c1-13(20)19-11-14-7-8-17(26-14)16(21)12-25-18(22)9-10-27(23,24)15-5-3-2-4-6-15/h2-8H,9-12H2,1H3,(H,19,20). The highest BCUT2D eigenvalue weighted by Gasteiger charge is 2.18. The maximum Gasteiger partial charge on any atom is 0.307 e. The molecule has 0 aliphatic rings. The molecule has 7 nitrogen and oxygen atoms in total. The zero-order valence-corrected chi connectivity index (χ0v) is 16.3. The smallest absolute Gasteiger partial charge is 0.307 e. The highest BCUT2D eigenvalue weighted by atomic mass is 32.2. The van der Waals surface area contributed by atoms with Crippen molar-refractivity contribution in [2.75, 3.05) is 12.4 Å². The Kier molecular flexibility index (Phi) is 7.26. The van der Waals surface area contributed by atoms with Crippen LogP contribution in [0.25, 0.3) is 0 Å². The van der Waals surface area contributed by atoms with Crippen molar-refractivity contribution in [3.05, 3.63) is 52.2 Å². The average Bonchev–Trinajstić information content (AvgIpc) is 3.13. The number of rotatable bonds is 9. The van der Waals surface area contributed by atoms with Gasteiger partial charge in [-0.1, -0.05) is 18.2 Å². The molecule has 0 radical (unpaired) electrons. The van der Waals surface area contributed by atoms with Crippen LogP contribution in [0.4, 0.5) is 0 Å². The highest BCUT2D eigenvalue weighted by molar-refractivity contribution is 7.91. The lowest BCUT2D eigenvalue weighted by molar-refractivity contribution is -0.142. The molecule has 2 rings (SSSR count). The molecule has 0 saturated heterocycles. The third kappa shape index (κ3) is 6.61. The molecule has 0 atom stereocenters. The molecule has 2 aromatic rings. The number of hydrogen-bond acceptors (Lipinski definition) is 7. The van der Waals surface area contributed by atoms with Crippen LogP contribution in [-0.4, -0.2) is 38.4 Å². The number of hydrogen-bond donors (Lipinski definition) is 1. The van der Waals surface area contributed by atoms with E-state index in [0.29, 0.717) is 11.4 Å². The number of sulfone groups is 1. The minimum Gasteiger partial charge on any atom is -0.457 e. The number of benzene rings is 1. The van der Waals surface area contributed by atoms with Crippen molar-refractivity contribution in [2.24, 2.45) is 0 Å². The SMILES string of the molecule is CC(=O)NCc1ccc(C(=O)COC(=O)CCS(=O)(=O)c2ccccc2)s1. The Morgan fingerprint density at radius 3 is 2.44 bits per heavy atom. The van der Waals surface area contributed by atoms with Gasteiger partial charge in [0.1, 0.15) is 0 Å². The summed E-state index contributed by atoms with van der Waals surface area (Å²) in [5.41, 5.74) is 0. The van der Waals surface area contributed by atoms with E-state index < -0.39 is 22.4 Å². The Morgan fingerprint density at radius 1 is 1.07 bits per heavy atom. The Hall–Kier alpha value is -2.52. The van der Waals surface area contributed by atoms with Crippen molar-refractivity contribution in [1.29, 1.82) is 0 Å². The van der Waals surface area contributed by atoms with Gasteiger partial charge in [0.05, 0.1) is 28.5 Å². The molecule has 9 heteroatoms. The summed E-state index contributed by atoms with van der Waals surface area (Å²) in [6, 6.07) is 11.1. The molecule has 1 aromatic heterocycles. The summed E-state index contributed by atoms with van der Waals surface area (Å²) in [6.45, 7) is 1.27. The number of esters is 1. The summed E-state index contributed by atoms with van der Waals surface area (Å²) in [7, 11) is -3.57. The minimum absolute atomic E-state index is 0.138. The van der Waals surface area contributed by atoms with Crippen LogP contribution in [0.1, 0.15) is 27.9 Å². The molecule has 144 valence electrons. The number of carbonyl (C=O) groups excluding carboxylic acids is 3. The van der Waals surface area contributed by atoms with E-state index in [1.807, 2.05) is 0 Å². The molecule has 1 N–H and O–H groups in total. The van der Waals surface area contributed by atoms with Crippen molar-refractivity contribution in [1.82, 2.24) is 5.32 Å². The molecular formula is C18H19NO6S2. The minimum atomic E-state index is -3.57. The van der Waals surface area contributed by atoms with Gasteiger partial charge >= 0.3 is 5.97 Å². The van der Waals surface area contributed by atoms with E-state index in [4.69, 9.17) is 4.74 Å². The van der Waals surface area contributed by atoms with Crippen LogP contribution in [0.3, 0.4) is 0 Å². The van der Waals surface area contributed by atoms with Crippen LogP contribution in [0, 0.1) is 0 Å². The van der Waals surface area contributed by atoms with Crippen LogP contribution in [0.15, 0.2) is 47.4 Å². The van der Waals surface area contributed by atoms with Gasteiger partial charge in [0.25, 0.3) is 0 Å². The third-order valence-corrected chi connectivity index (χ3v) is 6.35. The van der Waals surface area contributed by atoms with Crippen molar-refractivity contribution in [2.45, 2.75) is 24.8 Å². The van der Waals surface area contributed by atoms with Gasteiger partial charge in [0.15, 0.2) is 16.4 Å². The highest BCUT2D eigenvalue weighted by Crippen LogP contribution is 2.17. The largest absolute Gasteiger partial charge is 0.457 e. The molecule has 27 heavy (non-hydrogen) atoms. The summed E-state index contributed by atoms with van der Waals surface area (Å²) in [5, 5.41) is 2.63. The first-order valence-electron chi connectivity index (χ1n) is 8.08. The molecular weight excluding hydrogens is 390 g/mol. The van der Waals surface area contributed by atoms with E-state index in [1.54, 1.807) is 30.3 Å². The fraction of sp³-hybridized carbons (Fsp3) is 0.278. The Morgan fingerprint density at radius 2 is 1.78 bits per heavy atom. The quantitative estimate of drug-likeness (QED) is 0.501. The average molecular weight is 409 g/mol. The summed E-state index contributed by atoms with van der Waals surface area (Å²) >= 11 is 1.20. The van der Waals surface area contributed by atoms with Gasteiger partial charge in [-0.2, -0.15) is 0 Å². The van der Waals surface area contributed by atoms with Crippen LogP contribution < -0.4 is 5.32 Å². The van der Waals surface area contributed by atoms with Gasteiger partial charge in [0.2, 0.25) is 11.7 Å².